The van der Waals surface area contributed by atoms with Crippen LogP contribution in [0, 0.1) is 0 Å². The Morgan fingerprint density at radius 1 is 1.10 bits per heavy atom. The fourth-order valence-corrected chi connectivity index (χ4v) is 1.99. The van der Waals surface area contributed by atoms with Crippen LogP contribution < -0.4 is 4.74 Å². The zero-order valence-electron chi connectivity index (χ0n) is 11.2. The molecular weight excluding hydrogens is 316 g/mol. The third kappa shape index (κ3) is 4.07. The van der Waals surface area contributed by atoms with Crippen LogP contribution in [0.15, 0.2) is 59.1 Å². The summed E-state index contributed by atoms with van der Waals surface area (Å²) >= 11 is 3.35. The molecule has 0 saturated carbocycles. The van der Waals surface area contributed by atoms with Gasteiger partial charge in [0, 0.05) is 10.0 Å². The second-order valence-corrected chi connectivity index (χ2v) is 5.12. The van der Waals surface area contributed by atoms with Crippen LogP contribution in [0.1, 0.15) is 22.8 Å². The quantitative estimate of drug-likeness (QED) is 0.584. The molecule has 0 aromatic heterocycles. The SMILES string of the molecule is CCOc1ccc(/C=C/C(=O)c2ccc(Br)cc2)cc1. The minimum absolute atomic E-state index is 0.00798. The van der Waals surface area contributed by atoms with Crippen LogP contribution in [0.25, 0.3) is 6.08 Å². The van der Waals surface area contributed by atoms with E-state index in [1.165, 1.54) is 0 Å². The maximum atomic E-state index is 12.0. The van der Waals surface area contributed by atoms with Crippen molar-refractivity contribution < 1.29 is 9.53 Å². The number of benzene rings is 2. The van der Waals surface area contributed by atoms with Gasteiger partial charge in [-0.2, -0.15) is 0 Å². The molecule has 0 aliphatic heterocycles. The smallest absolute Gasteiger partial charge is 0.185 e. The van der Waals surface area contributed by atoms with Crippen molar-refractivity contribution in [1.29, 1.82) is 0 Å². The maximum absolute atomic E-state index is 12.0. The molecule has 0 aliphatic rings. The summed E-state index contributed by atoms with van der Waals surface area (Å²) in [4.78, 5) is 12.0. The third-order valence-electron chi connectivity index (χ3n) is 2.75. The summed E-state index contributed by atoms with van der Waals surface area (Å²) in [5.41, 5.74) is 1.65. The van der Waals surface area contributed by atoms with E-state index >= 15 is 0 Å². The van der Waals surface area contributed by atoms with Crippen LogP contribution in [0.5, 0.6) is 5.75 Å². The van der Waals surface area contributed by atoms with E-state index < -0.39 is 0 Å². The molecule has 0 heterocycles. The highest BCUT2D eigenvalue weighted by molar-refractivity contribution is 9.10. The molecule has 2 aromatic rings. The minimum Gasteiger partial charge on any atom is -0.494 e. The molecule has 0 bridgehead atoms. The molecule has 0 unspecified atom stereocenters. The van der Waals surface area contributed by atoms with Crippen molar-refractivity contribution in [2.75, 3.05) is 6.61 Å². The molecule has 0 saturated heterocycles. The summed E-state index contributed by atoms with van der Waals surface area (Å²) < 4.78 is 6.33. The Hall–Kier alpha value is -1.87. The average molecular weight is 331 g/mol. The molecule has 0 atom stereocenters. The molecule has 102 valence electrons. The Labute approximate surface area is 127 Å². The summed E-state index contributed by atoms with van der Waals surface area (Å²) in [6.07, 6.45) is 3.39. The van der Waals surface area contributed by atoms with Crippen LogP contribution in [-0.4, -0.2) is 12.4 Å². The number of carbonyl (C=O) groups is 1. The minimum atomic E-state index is -0.00798. The van der Waals surface area contributed by atoms with Gasteiger partial charge in [-0.1, -0.05) is 34.1 Å². The van der Waals surface area contributed by atoms with E-state index in [2.05, 4.69) is 15.9 Å². The van der Waals surface area contributed by atoms with Gasteiger partial charge in [-0.05, 0) is 55.0 Å². The van der Waals surface area contributed by atoms with Crippen LogP contribution in [0.3, 0.4) is 0 Å². The molecule has 20 heavy (non-hydrogen) atoms. The lowest BCUT2D eigenvalue weighted by Gasteiger charge is -2.02. The molecule has 0 spiro atoms. The van der Waals surface area contributed by atoms with Gasteiger partial charge in [-0.25, -0.2) is 0 Å². The molecule has 3 heteroatoms. The molecular formula is C17H15BrO2. The van der Waals surface area contributed by atoms with E-state index in [0.717, 1.165) is 15.8 Å². The second kappa shape index (κ2) is 7.06. The Balaban J connectivity index is 2.04. The van der Waals surface area contributed by atoms with Gasteiger partial charge in [0.2, 0.25) is 0 Å². The summed E-state index contributed by atoms with van der Waals surface area (Å²) in [6.45, 7) is 2.60. The molecule has 0 aliphatic carbocycles. The highest BCUT2D eigenvalue weighted by Crippen LogP contribution is 2.14. The Bertz CT molecular complexity index is 598. The Morgan fingerprint density at radius 3 is 2.35 bits per heavy atom. The van der Waals surface area contributed by atoms with Gasteiger partial charge in [-0.15, -0.1) is 0 Å². The molecule has 0 amide bonds. The summed E-state index contributed by atoms with van der Waals surface area (Å²) in [5, 5.41) is 0. The second-order valence-electron chi connectivity index (χ2n) is 4.21. The standard InChI is InChI=1S/C17H15BrO2/c1-2-20-16-10-3-13(4-11-16)5-12-17(19)14-6-8-15(18)9-7-14/h3-12H,2H2,1H3/b12-5+. The lowest BCUT2D eigenvalue weighted by molar-refractivity contribution is 0.104. The zero-order valence-corrected chi connectivity index (χ0v) is 12.8. The summed E-state index contributed by atoms with van der Waals surface area (Å²) in [6, 6.07) is 15.0. The van der Waals surface area contributed by atoms with Crippen molar-refractivity contribution in [2.24, 2.45) is 0 Å². The first kappa shape index (κ1) is 14.5. The van der Waals surface area contributed by atoms with Crippen LogP contribution in [-0.2, 0) is 0 Å². The van der Waals surface area contributed by atoms with E-state index in [1.54, 1.807) is 24.3 Å². The first-order chi connectivity index (χ1) is 9.69. The monoisotopic (exact) mass is 330 g/mol. The van der Waals surface area contributed by atoms with E-state index in [9.17, 15) is 4.79 Å². The molecule has 0 radical (unpaired) electrons. The van der Waals surface area contributed by atoms with Crippen LogP contribution in [0.4, 0.5) is 0 Å². The molecule has 0 fully saturated rings. The lowest BCUT2D eigenvalue weighted by atomic mass is 10.1. The fourth-order valence-electron chi connectivity index (χ4n) is 1.72. The van der Waals surface area contributed by atoms with E-state index in [0.29, 0.717) is 12.2 Å². The van der Waals surface area contributed by atoms with Crippen molar-refractivity contribution >= 4 is 27.8 Å². The number of hydrogen-bond acceptors (Lipinski definition) is 2. The van der Waals surface area contributed by atoms with Gasteiger partial charge < -0.3 is 4.74 Å². The van der Waals surface area contributed by atoms with E-state index in [1.807, 2.05) is 43.3 Å². The van der Waals surface area contributed by atoms with Gasteiger partial charge >= 0.3 is 0 Å². The number of allylic oxidation sites excluding steroid dienone is 1. The van der Waals surface area contributed by atoms with Gasteiger partial charge in [0.05, 0.1) is 6.61 Å². The van der Waals surface area contributed by atoms with E-state index in [-0.39, 0.29) is 5.78 Å². The summed E-state index contributed by atoms with van der Waals surface area (Å²) in [5.74, 6) is 0.829. The van der Waals surface area contributed by atoms with Crippen LogP contribution in [0.2, 0.25) is 0 Å². The fraction of sp³-hybridized carbons (Fsp3) is 0.118. The largest absolute Gasteiger partial charge is 0.494 e. The third-order valence-corrected chi connectivity index (χ3v) is 3.28. The maximum Gasteiger partial charge on any atom is 0.185 e. The lowest BCUT2D eigenvalue weighted by Crippen LogP contribution is -1.93. The highest BCUT2D eigenvalue weighted by Gasteiger charge is 2.00. The number of carbonyl (C=O) groups excluding carboxylic acids is 1. The van der Waals surface area contributed by atoms with Gasteiger partial charge in [0.1, 0.15) is 5.75 Å². The van der Waals surface area contributed by atoms with Crippen LogP contribution >= 0.6 is 15.9 Å². The Kier molecular flexibility index (Phi) is 5.13. The van der Waals surface area contributed by atoms with Crippen molar-refractivity contribution in [3.63, 3.8) is 0 Å². The summed E-state index contributed by atoms with van der Waals surface area (Å²) in [7, 11) is 0. The molecule has 0 N–H and O–H groups in total. The number of rotatable bonds is 5. The van der Waals surface area contributed by atoms with Gasteiger partial charge in [-0.3, -0.25) is 4.79 Å². The zero-order chi connectivity index (χ0) is 14.4. The number of hydrogen-bond donors (Lipinski definition) is 0. The Morgan fingerprint density at radius 2 is 1.75 bits per heavy atom. The molecule has 2 rings (SSSR count). The molecule has 2 aromatic carbocycles. The predicted octanol–water partition coefficient (Wildman–Crippen LogP) is 4.74. The first-order valence-corrected chi connectivity index (χ1v) is 7.19. The van der Waals surface area contributed by atoms with Gasteiger partial charge in [0.15, 0.2) is 5.78 Å². The topological polar surface area (TPSA) is 26.3 Å². The van der Waals surface area contributed by atoms with Crippen molar-refractivity contribution in [2.45, 2.75) is 6.92 Å². The highest BCUT2D eigenvalue weighted by atomic mass is 79.9. The normalized spacial score (nSPS) is 10.7. The first-order valence-electron chi connectivity index (χ1n) is 6.40. The van der Waals surface area contributed by atoms with Crippen molar-refractivity contribution in [3.05, 3.63) is 70.2 Å². The van der Waals surface area contributed by atoms with Crippen molar-refractivity contribution in [1.82, 2.24) is 0 Å². The predicted molar refractivity (Wildman–Crippen MR) is 85.1 cm³/mol. The van der Waals surface area contributed by atoms with Crippen molar-refractivity contribution in [3.8, 4) is 5.75 Å². The van der Waals surface area contributed by atoms with Gasteiger partial charge in [0.25, 0.3) is 0 Å². The molecule has 2 nitrogen and oxygen atoms in total. The van der Waals surface area contributed by atoms with E-state index in [4.69, 9.17) is 4.74 Å². The number of halogens is 1. The number of ketones is 1. The average Bonchev–Trinajstić information content (AvgIpc) is 2.47. The number of ether oxygens (including phenoxy) is 1.